The van der Waals surface area contributed by atoms with Crippen LogP contribution in [0.15, 0.2) is 12.2 Å². The van der Waals surface area contributed by atoms with Crippen LogP contribution in [-0.4, -0.2) is 24.3 Å². The van der Waals surface area contributed by atoms with Gasteiger partial charge in [-0.1, -0.05) is 277 Å². The Balaban J connectivity index is 0. The van der Waals surface area contributed by atoms with E-state index in [1.165, 1.54) is 276 Å². The van der Waals surface area contributed by atoms with E-state index < -0.39 is 5.97 Å². The van der Waals surface area contributed by atoms with Crippen molar-refractivity contribution < 1.29 is 14.6 Å². The van der Waals surface area contributed by atoms with Gasteiger partial charge in [0.1, 0.15) is 0 Å². The lowest BCUT2D eigenvalue weighted by Crippen LogP contribution is -1.97. The molecule has 342 valence electrons. The van der Waals surface area contributed by atoms with Crippen molar-refractivity contribution in [3.8, 4) is 0 Å². The second kappa shape index (κ2) is 57.3. The van der Waals surface area contributed by atoms with E-state index in [9.17, 15) is 4.79 Å². The summed E-state index contributed by atoms with van der Waals surface area (Å²) in [6.07, 6.45) is 67.3. The highest BCUT2D eigenvalue weighted by atomic mass is 16.5. The standard InChI is InChI=1S/C36H74O.C18H34O2/c1-3-5-7-9-11-13-15-17-19-21-23-25-27-29-31-33-35-37-36-34-32-30-28-26-24-22-20-18-16-14-12-10-8-6-4-2;1-2-3-4-5-6-7-8-9-10-11-12-13-14-15-16-17-18(19)20/h3-36H2,1-2H3;9-10H,2-8,11-17H2,1H3,(H,19,20)/b;10-9-. The minimum Gasteiger partial charge on any atom is -0.481 e. The van der Waals surface area contributed by atoms with Crippen molar-refractivity contribution >= 4 is 5.97 Å². The van der Waals surface area contributed by atoms with Crippen LogP contribution in [0.25, 0.3) is 0 Å². The van der Waals surface area contributed by atoms with Crippen molar-refractivity contribution in [2.75, 3.05) is 13.2 Å². The Labute approximate surface area is 360 Å². The maximum Gasteiger partial charge on any atom is 0.303 e. The van der Waals surface area contributed by atoms with Crippen LogP contribution < -0.4 is 0 Å². The van der Waals surface area contributed by atoms with Crippen molar-refractivity contribution in [1.29, 1.82) is 0 Å². The summed E-state index contributed by atoms with van der Waals surface area (Å²) in [5.41, 5.74) is 0. The molecule has 3 heteroatoms. The maximum atomic E-state index is 10.3. The van der Waals surface area contributed by atoms with Gasteiger partial charge in [-0.2, -0.15) is 0 Å². The first-order chi connectivity index (χ1) is 28.2. The van der Waals surface area contributed by atoms with Crippen LogP contribution >= 0.6 is 0 Å². The molecule has 0 rings (SSSR count). The van der Waals surface area contributed by atoms with E-state index in [1.54, 1.807) is 0 Å². The normalized spacial score (nSPS) is 11.4. The van der Waals surface area contributed by atoms with E-state index in [1.807, 2.05) is 0 Å². The first-order valence-corrected chi connectivity index (χ1v) is 26.6. The van der Waals surface area contributed by atoms with Gasteiger partial charge in [-0.25, -0.2) is 0 Å². The number of allylic oxidation sites excluding steroid dienone is 2. The Bertz CT molecular complexity index is 684. The molecule has 0 aromatic carbocycles. The zero-order valence-electron chi connectivity index (χ0n) is 39.9. The molecule has 0 atom stereocenters. The van der Waals surface area contributed by atoms with Gasteiger partial charge in [0, 0.05) is 19.6 Å². The summed E-state index contributed by atoms with van der Waals surface area (Å²) in [4.78, 5) is 10.3. The molecule has 0 fully saturated rings. The van der Waals surface area contributed by atoms with Crippen molar-refractivity contribution in [2.45, 2.75) is 316 Å². The number of hydrogen-bond donors (Lipinski definition) is 1. The average molecular weight is 805 g/mol. The molecule has 0 aliphatic carbocycles. The Kier molecular flexibility index (Phi) is 58.5. The topological polar surface area (TPSA) is 46.5 Å². The van der Waals surface area contributed by atoms with Crippen molar-refractivity contribution in [1.82, 2.24) is 0 Å². The molecule has 0 radical (unpaired) electrons. The van der Waals surface area contributed by atoms with Gasteiger partial charge >= 0.3 is 5.97 Å². The number of rotatable bonds is 49. The van der Waals surface area contributed by atoms with E-state index in [-0.39, 0.29) is 0 Å². The largest absolute Gasteiger partial charge is 0.481 e. The molecular weight excluding hydrogens is 697 g/mol. The second-order valence-corrected chi connectivity index (χ2v) is 17.9. The molecule has 0 amide bonds. The lowest BCUT2D eigenvalue weighted by atomic mass is 10.0. The number of aliphatic carboxylic acids is 1. The van der Waals surface area contributed by atoms with E-state index >= 15 is 0 Å². The molecule has 3 nitrogen and oxygen atoms in total. The monoisotopic (exact) mass is 805 g/mol. The highest BCUT2D eigenvalue weighted by Crippen LogP contribution is 2.16. The van der Waals surface area contributed by atoms with Gasteiger partial charge in [0.05, 0.1) is 0 Å². The molecule has 57 heavy (non-hydrogen) atoms. The lowest BCUT2D eigenvalue weighted by Gasteiger charge is -2.06. The summed E-state index contributed by atoms with van der Waals surface area (Å²) >= 11 is 0. The van der Waals surface area contributed by atoms with Gasteiger partial charge in [0.15, 0.2) is 0 Å². The molecule has 1 N–H and O–H groups in total. The van der Waals surface area contributed by atoms with Crippen LogP contribution in [0, 0.1) is 0 Å². The molecule has 0 saturated heterocycles. The quantitative estimate of drug-likeness (QED) is 0.0492. The maximum absolute atomic E-state index is 10.3. The third-order valence-corrected chi connectivity index (χ3v) is 11.9. The molecule has 0 aliphatic rings. The van der Waals surface area contributed by atoms with Gasteiger partial charge in [-0.3, -0.25) is 4.79 Å². The van der Waals surface area contributed by atoms with E-state index in [2.05, 4.69) is 32.9 Å². The Morgan fingerprint density at radius 2 is 0.526 bits per heavy atom. The SMILES string of the molecule is CCCCCCCC/C=C\CCCCCCCC(=O)O.CCCCCCCCCCCCCCCCCCOCCCCCCCCCCCCCCCCCC. The highest BCUT2D eigenvalue weighted by Gasteiger charge is 1.98. The summed E-state index contributed by atoms with van der Waals surface area (Å²) in [6, 6.07) is 0. The van der Waals surface area contributed by atoms with Crippen molar-refractivity contribution in [3.05, 3.63) is 12.2 Å². The third-order valence-electron chi connectivity index (χ3n) is 11.9. The summed E-state index contributed by atoms with van der Waals surface area (Å²) < 4.78 is 5.87. The van der Waals surface area contributed by atoms with Crippen LogP contribution in [0.3, 0.4) is 0 Å². The van der Waals surface area contributed by atoms with Gasteiger partial charge in [0.25, 0.3) is 0 Å². The lowest BCUT2D eigenvalue weighted by molar-refractivity contribution is -0.137. The number of carboxylic acids is 1. The number of unbranched alkanes of at least 4 members (excludes halogenated alkanes) is 41. The highest BCUT2D eigenvalue weighted by molar-refractivity contribution is 5.66. The van der Waals surface area contributed by atoms with E-state index in [0.717, 1.165) is 26.1 Å². The van der Waals surface area contributed by atoms with Gasteiger partial charge in [0.2, 0.25) is 0 Å². The molecule has 0 aliphatic heterocycles. The summed E-state index contributed by atoms with van der Waals surface area (Å²) in [6.45, 7) is 8.86. The minimum absolute atomic E-state index is 0.332. The first kappa shape index (κ1) is 58.3. The molecule has 0 bridgehead atoms. The fourth-order valence-corrected chi connectivity index (χ4v) is 7.95. The molecule has 0 aromatic rings. The van der Waals surface area contributed by atoms with Gasteiger partial charge < -0.3 is 9.84 Å². The molecule has 0 aromatic heterocycles. The van der Waals surface area contributed by atoms with Crippen LogP contribution in [0.5, 0.6) is 0 Å². The van der Waals surface area contributed by atoms with Crippen LogP contribution in [0.4, 0.5) is 0 Å². The van der Waals surface area contributed by atoms with Crippen molar-refractivity contribution in [2.24, 2.45) is 0 Å². The van der Waals surface area contributed by atoms with E-state index in [0.29, 0.717) is 6.42 Å². The number of ether oxygens (including phenoxy) is 1. The molecular formula is C54H108O3. The van der Waals surface area contributed by atoms with Gasteiger partial charge in [-0.05, 0) is 44.9 Å². The van der Waals surface area contributed by atoms with Crippen LogP contribution in [0.1, 0.15) is 316 Å². The smallest absolute Gasteiger partial charge is 0.303 e. The van der Waals surface area contributed by atoms with Gasteiger partial charge in [-0.15, -0.1) is 0 Å². The summed E-state index contributed by atoms with van der Waals surface area (Å²) in [7, 11) is 0. The zero-order valence-corrected chi connectivity index (χ0v) is 39.9. The van der Waals surface area contributed by atoms with Crippen LogP contribution in [0.2, 0.25) is 0 Å². The summed E-state index contributed by atoms with van der Waals surface area (Å²) in [5.74, 6) is -0.664. The average Bonchev–Trinajstić information content (AvgIpc) is 3.21. The fraction of sp³-hybridized carbons (Fsp3) is 0.944. The third kappa shape index (κ3) is 62.0. The Hall–Kier alpha value is -0.830. The minimum atomic E-state index is -0.664. The number of hydrogen-bond acceptors (Lipinski definition) is 2. The molecule has 0 heterocycles. The predicted molar refractivity (Wildman–Crippen MR) is 257 cm³/mol. The Morgan fingerprint density at radius 3 is 0.772 bits per heavy atom. The fourth-order valence-electron chi connectivity index (χ4n) is 7.95. The molecule has 0 spiro atoms. The number of carbonyl (C=O) groups is 1. The molecule has 0 saturated carbocycles. The summed E-state index contributed by atoms with van der Waals surface area (Å²) in [5, 5.41) is 8.51. The van der Waals surface area contributed by atoms with E-state index in [4.69, 9.17) is 9.84 Å². The first-order valence-electron chi connectivity index (χ1n) is 26.6. The zero-order chi connectivity index (χ0) is 41.6. The van der Waals surface area contributed by atoms with Crippen LogP contribution in [-0.2, 0) is 9.53 Å². The van der Waals surface area contributed by atoms with Crippen molar-refractivity contribution in [3.63, 3.8) is 0 Å². The molecule has 0 unspecified atom stereocenters. The predicted octanol–water partition coefficient (Wildman–Crippen LogP) is 19.6. The Morgan fingerprint density at radius 1 is 0.316 bits per heavy atom. The number of carboxylic acid groups (broad SMARTS) is 1. The second-order valence-electron chi connectivity index (χ2n) is 17.9.